The van der Waals surface area contributed by atoms with E-state index < -0.39 is 113 Å². The Hall–Kier alpha value is -5.46. The predicted octanol–water partition coefficient (Wildman–Crippen LogP) is 3.55. The van der Waals surface area contributed by atoms with Crippen LogP contribution >= 0.6 is 0 Å². The second-order valence-electron chi connectivity index (χ2n) is 17.5. The molecule has 3 N–H and O–H groups in total. The average Bonchev–Trinajstić information content (AvgIpc) is 3.29. The molecular formula is C49H51NO16Y-2. The molecule has 3 aromatic carbocycles. The summed E-state index contributed by atoms with van der Waals surface area (Å²) in [5.41, 5.74) is -7.29. The van der Waals surface area contributed by atoms with Crippen LogP contribution in [0, 0.1) is 16.7 Å². The maximum absolute atomic E-state index is 15.7. The summed E-state index contributed by atoms with van der Waals surface area (Å²) in [5, 5.41) is 28.3. The summed E-state index contributed by atoms with van der Waals surface area (Å²) in [6.07, 6.45) is -10.6. The Labute approximate surface area is 412 Å². The molecule has 1 aliphatic heterocycles. The van der Waals surface area contributed by atoms with Crippen LogP contribution in [0.15, 0.2) is 102 Å². The molecule has 0 aromatic heterocycles. The number of hydrogen-bond acceptors (Lipinski definition) is 16. The zero-order valence-electron chi connectivity index (χ0n) is 37.7. The molecule has 2 bridgehead atoms. The van der Waals surface area contributed by atoms with E-state index in [9.17, 15) is 39.0 Å². The van der Waals surface area contributed by atoms with Crippen molar-refractivity contribution < 1.29 is 110 Å². The van der Waals surface area contributed by atoms with Gasteiger partial charge in [-0.2, -0.15) is 0 Å². The van der Waals surface area contributed by atoms with Gasteiger partial charge in [0, 0.05) is 70.4 Å². The van der Waals surface area contributed by atoms with Crippen molar-refractivity contribution in [1.82, 2.24) is 5.32 Å². The van der Waals surface area contributed by atoms with Gasteiger partial charge in [-0.1, -0.05) is 87.0 Å². The third-order valence-electron chi connectivity index (χ3n) is 13.6. The van der Waals surface area contributed by atoms with Crippen LogP contribution in [0.25, 0.3) is 0 Å². The summed E-state index contributed by atoms with van der Waals surface area (Å²) < 4.78 is 36.0. The number of nitrogens with one attached hydrogen (secondary N) is 1. The smallest absolute Gasteiger partial charge is 0.338 e. The van der Waals surface area contributed by atoms with Gasteiger partial charge >= 0.3 is 23.9 Å². The first-order valence-electron chi connectivity index (χ1n) is 21.1. The number of esters is 4. The van der Waals surface area contributed by atoms with Gasteiger partial charge in [0.25, 0.3) is 5.91 Å². The molecule has 11 atom stereocenters. The van der Waals surface area contributed by atoms with Gasteiger partial charge in [-0.05, 0) is 54.8 Å². The number of carbonyl (C=O) groups is 6. The van der Waals surface area contributed by atoms with Gasteiger partial charge in [0.05, 0.1) is 35.6 Å². The van der Waals surface area contributed by atoms with Crippen molar-refractivity contribution in [2.75, 3.05) is 6.61 Å². The molecule has 0 spiro atoms. The number of rotatable bonds is 12. The normalized spacial score (nSPS) is 29.8. The summed E-state index contributed by atoms with van der Waals surface area (Å²) in [6.45, 7) is 12.5. The van der Waals surface area contributed by atoms with Crippen molar-refractivity contribution in [2.24, 2.45) is 16.7 Å². The molecule has 2 unspecified atom stereocenters. The van der Waals surface area contributed by atoms with Crippen molar-refractivity contribution in [3.8, 4) is 0 Å². The fourth-order valence-corrected chi connectivity index (χ4v) is 10.4. The van der Waals surface area contributed by atoms with E-state index in [1.165, 1.54) is 32.5 Å². The number of amides is 1. The SMILES string of the molecule is CC(=O)O[C@H]1C(=O)[C@]2(C)[C@@H](O[C-]=O)CC3OC[C@@]3(OC(C)=O)[C@H]2[C@H](OC(=O)c2ccccc2)[C@]2(O)CC(OC(=O)[C@H](O)[C@@H](NC(=O)c3ccccc3)c3ccccc3)C(C)=C1C2(C)C.[CH-]=O.[Y]. The molecule has 1 saturated heterocycles. The predicted molar refractivity (Wildman–Crippen MR) is 229 cm³/mol. The van der Waals surface area contributed by atoms with E-state index in [-0.39, 0.29) is 68.0 Å². The standard InChI is InChI=1S/C48H50NO15.CHO.Y/c1-26-32(62-44(57)37(53)36(29-16-10-7-11-17-29)49-42(55)30-18-12-8-13-19-30)23-48(58)41(63-43(56)31-20-14-9-15-21-31)39-46(6,40(54)38(61-27(2)51)35(26)45(48,4)5)33(60-25-50)22-34-47(39,24-59-34)64-28(3)52;1-2;/h7-21,32-34,36-39,41,53,58H,22-24H2,1-6H3,(H,49,55);1H;/q2*-1;/t32?,33-,34?,36-,37+,38+,39-,41-,46+,47-,48+;;/m0../s1. The summed E-state index contributed by atoms with van der Waals surface area (Å²) >= 11 is 0. The summed E-state index contributed by atoms with van der Waals surface area (Å²) in [5.74, 6) is -7.03. The fourth-order valence-electron chi connectivity index (χ4n) is 10.4. The van der Waals surface area contributed by atoms with Crippen molar-refractivity contribution in [1.29, 1.82) is 0 Å². The minimum absolute atomic E-state index is 0. The average molecular weight is 999 g/mol. The monoisotopic (exact) mass is 998 g/mol. The first-order chi connectivity index (χ1) is 31.3. The quantitative estimate of drug-likeness (QED) is 0.0773. The zero-order chi connectivity index (χ0) is 48.4. The molecule has 2 saturated carbocycles. The van der Waals surface area contributed by atoms with Crippen LogP contribution in [-0.4, -0.2) is 113 Å². The molecule has 17 nitrogen and oxygen atoms in total. The number of benzene rings is 3. The Balaban J connectivity index is 0.00000276. The Morgan fingerprint density at radius 2 is 1.42 bits per heavy atom. The molecule has 7 rings (SSSR count). The third kappa shape index (κ3) is 9.40. The van der Waals surface area contributed by atoms with Crippen LogP contribution in [0.4, 0.5) is 0 Å². The fraction of sp³-hybridized carbons (Fsp3) is 0.429. The number of ketones is 1. The van der Waals surface area contributed by atoms with Gasteiger partial charge in [-0.15, -0.1) is 0 Å². The molecule has 353 valence electrons. The van der Waals surface area contributed by atoms with Crippen LogP contribution in [0.3, 0.4) is 0 Å². The number of hydrogen-bond donors (Lipinski definition) is 3. The van der Waals surface area contributed by atoms with Crippen LogP contribution in [-0.2, 0) is 89.9 Å². The van der Waals surface area contributed by atoms with E-state index >= 15 is 4.79 Å². The van der Waals surface area contributed by atoms with E-state index in [2.05, 4.69) is 12.1 Å². The Morgan fingerprint density at radius 3 is 1.94 bits per heavy atom. The van der Waals surface area contributed by atoms with Crippen LogP contribution in [0.1, 0.15) is 86.7 Å². The molecule has 3 aromatic rings. The number of Topliss-reactive ketones (excluding diaryl/α,β-unsaturated/α-hetero) is 1. The maximum atomic E-state index is 15.7. The molecule has 4 aliphatic rings. The van der Waals surface area contributed by atoms with Gasteiger partial charge in [-0.25, -0.2) is 9.59 Å². The number of aliphatic hydroxyl groups excluding tert-OH is 1. The van der Waals surface area contributed by atoms with E-state index in [4.69, 9.17) is 33.2 Å². The van der Waals surface area contributed by atoms with Crippen molar-refractivity contribution in [3.63, 3.8) is 0 Å². The molecule has 3 aliphatic carbocycles. The second kappa shape index (κ2) is 20.8. The molecule has 18 heteroatoms. The minimum atomic E-state index is -2.44. The first-order valence-corrected chi connectivity index (χ1v) is 21.1. The number of ether oxygens (including phenoxy) is 6. The maximum Gasteiger partial charge on any atom is 0.338 e. The van der Waals surface area contributed by atoms with E-state index in [1.54, 1.807) is 92.7 Å². The minimum Gasteiger partial charge on any atom is -0.650 e. The largest absolute Gasteiger partial charge is 0.650 e. The van der Waals surface area contributed by atoms with Crippen LogP contribution in [0.2, 0.25) is 0 Å². The first kappa shape index (κ1) is 52.5. The molecular weight excluding hydrogens is 947 g/mol. The number of aliphatic hydroxyl groups is 2. The van der Waals surface area contributed by atoms with Gasteiger partial charge in [0.15, 0.2) is 23.6 Å². The van der Waals surface area contributed by atoms with Gasteiger partial charge in [0.1, 0.15) is 23.9 Å². The third-order valence-corrected chi connectivity index (χ3v) is 13.6. The number of carbonyl (C=O) groups excluding carboxylic acids is 8. The Morgan fingerprint density at radius 1 is 0.851 bits per heavy atom. The zero-order valence-corrected chi connectivity index (χ0v) is 40.5. The van der Waals surface area contributed by atoms with Gasteiger partial charge < -0.3 is 53.5 Å². The Bertz CT molecular complexity index is 2380. The van der Waals surface area contributed by atoms with E-state index in [0.29, 0.717) is 5.56 Å². The van der Waals surface area contributed by atoms with Crippen molar-refractivity contribution >= 4 is 48.8 Å². The van der Waals surface area contributed by atoms with Gasteiger partial charge in [-0.3, -0.25) is 26.0 Å². The Kier molecular flexibility index (Phi) is 16.3. The molecule has 1 amide bonds. The van der Waals surface area contributed by atoms with E-state index in [1.807, 2.05) is 0 Å². The number of fused-ring (bicyclic) bond motifs is 5. The van der Waals surface area contributed by atoms with E-state index in [0.717, 1.165) is 13.8 Å². The molecule has 67 heavy (non-hydrogen) atoms. The van der Waals surface area contributed by atoms with Crippen molar-refractivity contribution in [3.05, 3.63) is 119 Å². The molecule has 3 fully saturated rings. The van der Waals surface area contributed by atoms with Crippen LogP contribution < -0.4 is 5.32 Å². The van der Waals surface area contributed by atoms with Gasteiger partial charge in [0.2, 0.25) is 0 Å². The summed E-state index contributed by atoms with van der Waals surface area (Å²) in [7, 11) is 0. The van der Waals surface area contributed by atoms with Crippen LogP contribution in [0.5, 0.6) is 0 Å². The molecule has 1 radical (unpaired) electrons. The summed E-state index contributed by atoms with van der Waals surface area (Å²) in [4.78, 5) is 104. The molecule has 1 heterocycles. The topological polar surface area (TPSA) is 244 Å². The summed E-state index contributed by atoms with van der Waals surface area (Å²) in [6, 6.07) is 22.8. The van der Waals surface area contributed by atoms with Crippen molar-refractivity contribution in [2.45, 2.75) is 108 Å². The second-order valence-corrected chi connectivity index (χ2v) is 17.5.